The Morgan fingerprint density at radius 1 is 1.53 bits per heavy atom. The molecule has 1 aliphatic rings. The summed E-state index contributed by atoms with van der Waals surface area (Å²) in [5.41, 5.74) is 0. The fourth-order valence-electron chi connectivity index (χ4n) is 1.70. The van der Waals surface area contributed by atoms with Crippen LogP contribution in [-0.2, 0) is 14.3 Å². The van der Waals surface area contributed by atoms with Gasteiger partial charge in [0, 0.05) is 6.54 Å². The van der Waals surface area contributed by atoms with Gasteiger partial charge in [-0.2, -0.15) is 0 Å². The minimum Gasteiger partial charge on any atom is -0.464 e. The van der Waals surface area contributed by atoms with E-state index in [1.807, 2.05) is 13.8 Å². The van der Waals surface area contributed by atoms with Crippen LogP contribution in [0.1, 0.15) is 26.7 Å². The highest BCUT2D eigenvalue weighted by molar-refractivity contribution is 5.74. The topological polar surface area (TPSA) is 47.6 Å². The third-order valence-corrected chi connectivity index (χ3v) is 2.62. The van der Waals surface area contributed by atoms with Gasteiger partial charge in [-0.3, -0.25) is 0 Å². The molecule has 1 N–H and O–H groups in total. The molecule has 88 valence electrons. The molecule has 0 aliphatic carbocycles. The Morgan fingerprint density at radius 3 is 2.87 bits per heavy atom. The van der Waals surface area contributed by atoms with Gasteiger partial charge in [-0.25, -0.2) is 4.79 Å². The monoisotopic (exact) mass is 215 g/mol. The molecule has 4 heteroatoms. The van der Waals surface area contributed by atoms with Gasteiger partial charge in [0.05, 0.1) is 13.2 Å². The van der Waals surface area contributed by atoms with Crippen molar-refractivity contribution in [3.63, 3.8) is 0 Å². The molecule has 2 unspecified atom stereocenters. The Morgan fingerprint density at radius 2 is 2.33 bits per heavy atom. The van der Waals surface area contributed by atoms with Gasteiger partial charge < -0.3 is 14.8 Å². The predicted molar refractivity (Wildman–Crippen MR) is 57.6 cm³/mol. The summed E-state index contributed by atoms with van der Waals surface area (Å²) in [6.07, 6.45) is 1.43. The molecule has 4 nitrogen and oxygen atoms in total. The highest BCUT2D eigenvalue weighted by atomic mass is 16.6. The molecule has 1 fully saturated rings. The molecule has 0 aromatic rings. The highest BCUT2D eigenvalue weighted by Gasteiger charge is 2.21. The predicted octanol–water partition coefficient (Wildman–Crippen LogP) is 0.954. The summed E-state index contributed by atoms with van der Waals surface area (Å²) in [4.78, 5) is 11.4. The third-order valence-electron chi connectivity index (χ3n) is 2.62. The zero-order valence-electron chi connectivity index (χ0n) is 9.62. The van der Waals surface area contributed by atoms with Crippen LogP contribution >= 0.6 is 0 Å². The summed E-state index contributed by atoms with van der Waals surface area (Å²) < 4.78 is 10.5. The van der Waals surface area contributed by atoms with Crippen molar-refractivity contribution in [3.8, 4) is 0 Å². The van der Waals surface area contributed by atoms with Gasteiger partial charge in [-0.15, -0.1) is 0 Å². The van der Waals surface area contributed by atoms with E-state index in [0.29, 0.717) is 25.6 Å². The van der Waals surface area contributed by atoms with Crippen LogP contribution in [0.25, 0.3) is 0 Å². The van der Waals surface area contributed by atoms with Crippen LogP contribution in [0, 0.1) is 5.92 Å². The van der Waals surface area contributed by atoms with Crippen LogP contribution in [0.5, 0.6) is 0 Å². The Bertz CT molecular complexity index is 190. The van der Waals surface area contributed by atoms with Crippen LogP contribution < -0.4 is 5.32 Å². The van der Waals surface area contributed by atoms with E-state index >= 15 is 0 Å². The zero-order valence-corrected chi connectivity index (χ0v) is 9.62. The summed E-state index contributed by atoms with van der Waals surface area (Å²) in [6, 6.07) is 0. The zero-order chi connectivity index (χ0) is 11.1. The molecule has 0 saturated carbocycles. The van der Waals surface area contributed by atoms with Gasteiger partial charge >= 0.3 is 5.97 Å². The molecule has 15 heavy (non-hydrogen) atoms. The van der Waals surface area contributed by atoms with Crippen molar-refractivity contribution in [3.05, 3.63) is 0 Å². The van der Waals surface area contributed by atoms with Crippen molar-refractivity contribution < 1.29 is 14.3 Å². The molecule has 0 radical (unpaired) electrons. The van der Waals surface area contributed by atoms with E-state index in [-0.39, 0.29) is 12.1 Å². The summed E-state index contributed by atoms with van der Waals surface area (Å²) in [7, 11) is 0. The minimum atomic E-state index is -0.384. The first-order valence-corrected chi connectivity index (χ1v) is 5.76. The van der Waals surface area contributed by atoms with Gasteiger partial charge in [0.1, 0.15) is 0 Å². The summed E-state index contributed by atoms with van der Waals surface area (Å²) >= 11 is 0. The van der Waals surface area contributed by atoms with E-state index in [4.69, 9.17) is 9.47 Å². The van der Waals surface area contributed by atoms with Crippen molar-refractivity contribution in [1.82, 2.24) is 5.32 Å². The van der Waals surface area contributed by atoms with Crippen molar-refractivity contribution >= 4 is 5.97 Å². The van der Waals surface area contributed by atoms with E-state index < -0.39 is 0 Å². The number of carbonyl (C=O) groups is 1. The molecule has 1 rings (SSSR count). The van der Waals surface area contributed by atoms with Crippen LogP contribution in [0.15, 0.2) is 0 Å². The van der Waals surface area contributed by atoms with Gasteiger partial charge in [-0.05, 0) is 32.2 Å². The Kier molecular flexibility index (Phi) is 5.65. The van der Waals surface area contributed by atoms with E-state index in [9.17, 15) is 4.79 Å². The lowest BCUT2D eigenvalue weighted by atomic mass is 10.1. The van der Waals surface area contributed by atoms with Crippen LogP contribution in [0.3, 0.4) is 0 Å². The SMILES string of the molecule is CCOC(=O)C(CC)OCC1CCNC1. The molecular formula is C11H21NO3. The lowest BCUT2D eigenvalue weighted by Crippen LogP contribution is -2.28. The lowest BCUT2D eigenvalue weighted by Gasteiger charge is -2.16. The molecular weight excluding hydrogens is 194 g/mol. The molecule has 0 amide bonds. The molecule has 1 heterocycles. The number of carbonyl (C=O) groups excluding carboxylic acids is 1. The standard InChI is InChI=1S/C11H21NO3/c1-3-10(11(13)14-4-2)15-8-9-5-6-12-7-9/h9-10,12H,3-8H2,1-2H3. The van der Waals surface area contributed by atoms with E-state index in [1.165, 1.54) is 0 Å². The van der Waals surface area contributed by atoms with Crippen molar-refractivity contribution in [2.24, 2.45) is 5.92 Å². The maximum absolute atomic E-state index is 11.4. The Balaban J connectivity index is 2.23. The van der Waals surface area contributed by atoms with Crippen LogP contribution in [0.4, 0.5) is 0 Å². The average Bonchev–Trinajstić information content (AvgIpc) is 2.72. The lowest BCUT2D eigenvalue weighted by molar-refractivity contribution is -0.157. The van der Waals surface area contributed by atoms with E-state index in [0.717, 1.165) is 19.5 Å². The number of ether oxygens (including phenoxy) is 2. The first-order valence-electron chi connectivity index (χ1n) is 5.76. The van der Waals surface area contributed by atoms with Gasteiger partial charge in [-0.1, -0.05) is 6.92 Å². The van der Waals surface area contributed by atoms with Gasteiger partial charge in [0.2, 0.25) is 0 Å². The molecule has 0 bridgehead atoms. The number of nitrogens with one attached hydrogen (secondary N) is 1. The molecule has 1 aliphatic heterocycles. The van der Waals surface area contributed by atoms with Crippen molar-refractivity contribution in [2.75, 3.05) is 26.3 Å². The second-order valence-electron chi connectivity index (χ2n) is 3.84. The molecule has 0 spiro atoms. The molecule has 1 saturated heterocycles. The quantitative estimate of drug-likeness (QED) is 0.670. The summed E-state index contributed by atoms with van der Waals surface area (Å²) in [5.74, 6) is 0.319. The average molecular weight is 215 g/mol. The first-order chi connectivity index (χ1) is 7.27. The van der Waals surface area contributed by atoms with E-state index in [1.54, 1.807) is 0 Å². The van der Waals surface area contributed by atoms with Crippen LogP contribution in [0.2, 0.25) is 0 Å². The van der Waals surface area contributed by atoms with Crippen molar-refractivity contribution in [2.45, 2.75) is 32.8 Å². The smallest absolute Gasteiger partial charge is 0.335 e. The maximum atomic E-state index is 11.4. The number of hydrogen-bond acceptors (Lipinski definition) is 4. The molecule has 0 aromatic carbocycles. The number of hydrogen-bond donors (Lipinski definition) is 1. The number of esters is 1. The highest BCUT2D eigenvalue weighted by Crippen LogP contribution is 2.10. The summed E-state index contributed by atoms with van der Waals surface area (Å²) in [6.45, 7) is 6.89. The first kappa shape index (κ1) is 12.5. The molecule has 2 atom stereocenters. The fraction of sp³-hybridized carbons (Fsp3) is 0.909. The number of rotatable bonds is 6. The maximum Gasteiger partial charge on any atom is 0.335 e. The van der Waals surface area contributed by atoms with Crippen molar-refractivity contribution in [1.29, 1.82) is 0 Å². The second-order valence-corrected chi connectivity index (χ2v) is 3.84. The largest absolute Gasteiger partial charge is 0.464 e. The van der Waals surface area contributed by atoms with Crippen LogP contribution in [-0.4, -0.2) is 38.4 Å². The van der Waals surface area contributed by atoms with Gasteiger partial charge in [0.25, 0.3) is 0 Å². The molecule has 0 aromatic heterocycles. The minimum absolute atomic E-state index is 0.231. The third kappa shape index (κ3) is 4.18. The van der Waals surface area contributed by atoms with Gasteiger partial charge in [0.15, 0.2) is 6.10 Å². The van der Waals surface area contributed by atoms with E-state index in [2.05, 4.69) is 5.32 Å². The Labute approximate surface area is 91.3 Å². The fourth-order valence-corrected chi connectivity index (χ4v) is 1.70. The normalized spacial score (nSPS) is 22.7. The Hall–Kier alpha value is -0.610. The summed E-state index contributed by atoms with van der Waals surface area (Å²) in [5, 5.41) is 3.27. The second kappa shape index (κ2) is 6.80.